The lowest BCUT2D eigenvalue weighted by Crippen LogP contribution is -2.12. The molecule has 8 heteroatoms. The standard InChI is InChI=1S/C12H9F4N3O/c1-19(2)12-17-4-3-8(18-12)20-11-9(15)6(13)5-7(14)10(11)16/h3-5H,1-2H3. The van der Waals surface area contributed by atoms with Gasteiger partial charge in [0.05, 0.1) is 0 Å². The summed E-state index contributed by atoms with van der Waals surface area (Å²) < 4.78 is 57.7. The highest BCUT2D eigenvalue weighted by Gasteiger charge is 2.21. The highest BCUT2D eigenvalue weighted by Crippen LogP contribution is 2.30. The fourth-order valence-corrected chi connectivity index (χ4v) is 1.35. The zero-order valence-corrected chi connectivity index (χ0v) is 10.5. The van der Waals surface area contributed by atoms with Crippen LogP contribution in [0.2, 0.25) is 0 Å². The van der Waals surface area contributed by atoms with Gasteiger partial charge in [-0.1, -0.05) is 0 Å². The van der Waals surface area contributed by atoms with E-state index in [0.717, 1.165) is 0 Å². The third kappa shape index (κ3) is 2.63. The molecule has 2 aromatic rings. The number of nitrogens with zero attached hydrogens (tertiary/aromatic N) is 3. The van der Waals surface area contributed by atoms with Crippen LogP contribution in [0.15, 0.2) is 18.3 Å². The highest BCUT2D eigenvalue weighted by atomic mass is 19.2. The van der Waals surface area contributed by atoms with Gasteiger partial charge in [-0.25, -0.2) is 13.8 Å². The molecule has 1 heterocycles. The van der Waals surface area contributed by atoms with Gasteiger partial charge in [-0.2, -0.15) is 13.8 Å². The second-order valence-corrected chi connectivity index (χ2v) is 3.99. The molecule has 0 saturated carbocycles. The number of hydrogen-bond acceptors (Lipinski definition) is 4. The van der Waals surface area contributed by atoms with Crippen molar-refractivity contribution in [2.45, 2.75) is 0 Å². The molecule has 1 aromatic heterocycles. The van der Waals surface area contributed by atoms with E-state index in [-0.39, 0.29) is 17.9 Å². The van der Waals surface area contributed by atoms with Gasteiger partial charge >= 0.3 is 0 Å². The van der Waals surface area contributed by atoms with Gasteiger partial charge in [0.15, 0.2) is 11.6 Å². The Balaban J connectivity index is 2.42. The average molecular weight is 287 g/mol. The van der Waals surface area contributed by atoms with Gasteiger partial charge in [0, 0.05) is 32.4 Å². The van der Waals surface area contributed by atoms with E-state index in [0.29, 0.717) is 0 Å². The van der Waals surface area contributed by atoms with Crippen LogP contribution >= 0.6 is 0 Å². The Labute approximate surface area is 111 Å². The highest BCUT2D eigenvalue weighted by molar-refractivity contribution is 5.34. The van der Waals surface area contributed by atoms with Crippen molar-refractivity contribution >= 4 is 5.95 Å². The van der Waals surface area contributed by atoms with E-state index >= 15 is 0 Å². The maximum Gasteiger partial charge on any atom is 0.228 e. The summed E-state index contributed by atoms with van der Waals surface area (Å²) in [6.07, 6.45) is 1.28. The lowest BCUT2D eigenvalue weighted by atomic mass is 10.3. The first-order chi connectivity index (χ1) is 9.40. The van der Waals surface area contributed by atoms with E-state index < -0.39 is 29.0 Å². The summed E-state index contributed by atoms with van der Waals surface area (Å²) in [6, 6.07) is 1.30. The van der Waals surface area contributed by atoms with Gasteiger partial charge in [-0.15, -0.1) is 0 Å². The van der Waals surface area contributed by atoms with Gasteiger partial charge in [0.1, 0.15) is 0 Å². The Hall–Kier alpha value is -2.38. The SMILES string of the molecule is CN(C)c1nccc(Oc2c(F)c(F)cc(F)c2F)n1. The molecule has 0 radical (unpaired) electrons. The number of aromatic nitrogens is 2. The summed E-state index contributed by atoms with van der Waals surface area (Å²) in [5.74, 6) is -7.60. The van der Waals surface area contributed by atoms with Crippen molar-refractivity contribution < 1.29 is 22.3 Å². The van der Waals surface area contributed by atoms with Crippen LogP contribution in [0.4, 0.5) is 23.5 Å². The second kappa shape index (κ2) is 5.32. The van der Waals surface area contributed by atoms with E-state index in [1.54, 1.807) is 14.1 Å². The van der Waals surface area contributed by atoms with Crippen molar-refractivity contribution in [3.8, 4) is 11.6 Å². The Morgan fingerprint density at radius 2 is 1.65 bits per heavy atom. The minimum atomic E-state index is -1.63. The Kier molecular flexibility index (Phi) is 3.73. The van der Waals surface area contributed by atoms with Gasteiger partial charge in [0.2, 0.25) is 29.2 Å². The van der Waals surface area contributed by atoms with Crippen LogP contribution in [-0.4, -0.2) is 24.1 Å². The van der Waals surface area contributed by atoms with E-state index in [1.165, 1.54) is 17.2 Å². The van der Waals surface area contributed by atoms with E-state index in [4.69, 9.17) is 4.74 Å². The van der Waals surface area contributed by atoms with Crippen molar-refractivity contribution in [3.63, 3.8) is 0 Å². The zero-order chi connectivity index (χ0) is 14.9. The smallest absolute Gasteiger partial charge is 0.228 e. The number of hydrogen-bond donors (Lipinski definition) is 0. The quantitative estimate of drug-likeness (QED) is 0.642. The molecule has 0 fully saturated rings. The molecule has 0 aliphatic rings. The summed E-state index contributed by atoms with van der Waals surface area (Å²) in [5, 5.41) is 0. The topological polar surface area (TPSA) is 38.2 Å². The molecular weight excluding hydrogens is 278 g/mol. The molecule has 0 aliphatic heterocycles. The van der Waals surface area contributed by atoms with Crippen LogP contribution in [0.25, 0.3) is 0 Å². The Bertz CT molecular complexity index is 623. The molecule has 0 aliphatic carbocycles. The van der Waals surface area contributed by atoms with Crippen LogP contribution in [-0.2, 0) is 0 Å². The molecule has 0 bridgehead atoms. The number of benzene rings is 1. The average Bonchev–Trinajstić information content (AvgIpc) is 2.42. The monoisotopic (exact) mass is 287 g/mol. The molecule has 106 valence electrons. The van der Waals surface area contributed by atoms with Crippen molar-refractivity contribution in [1.29, 1.82) is 0 Å². The van der Waals surface area contributed by atoms with Crippen molar-refractivity contribution in [2.24, 2.45) is 0 Å². The molecule has 0 atom stereocenters. The first kappa shape index (κ1) is 14.0. The maximum atomic E-state index is 13.4. The summed E-state index contributed by atoms with van der Waals surface area (Å²) in [7, 11) is 3.28. The van der Waals surface area contributed by atoms with Crippen LogP contribution in [0.3, 0.4) is 0 Å². The maximum absolute atomic E-state index is 13.4. The fourth-order valence-electron chi connectivity index (χ4n) is 1.35. The predicted octanol–water partition coefficient (Wildman–Crippen LogP) is 2.89. The molecule has 0 saturated heterocycles. The van der Waals surface area contributed by atoms with Crippen LogP contribution < -0.4 is 9.64 Å². The molecule has 20 heavy (non-hydrogen) atoms. The van der Waals surface area contributed by atoms with Crippen LogP contribution in [0.5, 0.6) is 11.6 Å². The summed E-state index contributed by atoms with van der Waals surface area (Å²) in [4.78, 5) is 9.20. The second-order valence-electron chi connectivity index (χ2n) is 3.99. The lowest BCUT2D eigenvalue weighted by molar-refractivity contribution is 0.358. The number of ether oxygens (including phenoxy) is 1. The number of halogens is 4. The minimum absolute atomic E-state index is 0.1000. The van der Waals surface area contributed by atoms with Crippen LogP contribution in [0.1, 0.15) is 0 Å². The number of rotatable bonds is 3. The van der Waals surface area contributed by atoms with Crippen molar-refractivity contribution in [2.75, 3.05) is 19.0 Å². The van der Waals surface area contributed by atoms with Gasteiger partial charge in [-0.3, -0.25) is 0 Å². The normalized spacial score (nSPS) is 10.5. The Morgan fingerprint density at radius 3 is 2.20 bits per heavy atom. The fraction of sp³-hybridized carbons (Fsp3) is 0.167. The largest absolute Gasteiger partial charge is 0.432 e. The lowest BCUT2D eigenvalue weighted by Gasteiger charge is -2.12. The van der Waals surface area contributed by atoms with Crippen molar-refractivity contribution in [1.82, 2.24) is 9.97 Å². The third-order valence-electron chi connectivity index (χ3n) is 2.30. The molecule has 2 rings (SSSR count). The number of anilines is 1. The van der Waals surface area contributed by atoms with Gasteiger partial charge in [0.25, 0.3) is 0 Å². The van der Waals surface area contributed by atoms with E-state index in [9.17, 15) is 17.6 Å². The molecular formula is C12H9F4N3O. The zero-order valence-electron chi connectivity index (χ0n) is 10.5. The molecule has 0 N–H and O–H groups in total. The molecule has 0 amide bonds. The summed E-state index contributed by atoms with van der Waals surface area (Å²) >= 11 is 0. The van der Waals surface area contributed by atoms with E-state index in [2.05, 4.69) is 9.97 Å². The predicted molar refractivity (Wildman–Crippen MR) is 62.7 cm³/mol. The molecule has 4 nitrogen and oxygen atoms in total. The summed E-state index contributed by atoms with van der Waals surface area (Å²) in [6.45, 7) is 0. The summed E-state index contributed by atoms with van der Waals surface area (Å²) in [5.41, 5.74) is 0. The minimum Gasteiger partial charge on any atom is -0.432 e. The van der Waals surface area contributed by atoms with Crippen molar-refractivity contribution in [3.05, 3.63) is 41.6 Å². The first-order valence-corrected chi connectivity index (χ1v) is 5.41. The van der Waals surface area contributed by atoms with Gasteiger partial charge < -0.3 is 9.64 Å². The third-order valence-corrected chi connectivity index (χ3v) is 2.30. The van der Waals surface area contributed by atoms with Gasteiger partial charge in [-0.05, 0) is 0 Å². The molecule has 0 unspecified atom stereocenters. The first-order valence-electron chi connectivity index (χ1n) is 5.41. The van der Waals surface area contributed by atoms with Crippen LogP contribution in [0, 0.1) is 23.3 Å². The molecule has 1 aromatic carbocycles. The Morgan fingerprint density at radius 1 is 1.05 bits per heavy atom. The molecule has 0 spiro atoms. The van der Waals surface area contributed by atoms with E-state index in [1.807, 2.05) is 0 Å².